The zero-order valence-corrected chi connectivity index (χ0v) is 11.9. The molecule has 2 nitrogen and oxygen atoms in total. The molecule has 0 aliphatic heterocycles. The molecule has 0 radical (unpaired) electrons. The predicted octanol–water partition coefficient (Wildman–Crippen LogP) is 4.02. The standard InChI is InChI=1S/C14H22ClNO/c1-5-8-17-13-7-6-11(9-12(13)15)10-16-14(2,3)4/h6-7,9,16H,5,8,10H2,1-4H3. The van der Waals surface area contributed by atoms with Gasteiger partial charge in [-0.1, -0.05) is 24.6 Å². The molecular formula is C14H22ClNO. The van der Waals surface area contributed by atoms with Gasteiger partial charge in [0, 0.05) is 12.1 Å². The Morgan fingerprint density at radius 2 is 2.00 bits per heavy atom. The third-order valence-electron chi connectivity index (χ3n) is 2.28. The van der Waals surface area contributed by atoms with E-state index in [0.29, 0.717) is 11.6 Å². The molecule has 1 N–H and O–H groups in total. The van der Waals surface area contributed by atoms with E-state index in [1.807, 2.05) is 12.1 Å². The smallest absolute Gasteiger partial charge is 0.137 e. The van der Waals surface area contributed by atoms with Crippen molar-refractivity contribution in [3.05, 3.63) is 28.8 Å². The molecule has 0 bridgehead atoms. The topological polar surface area (TPSA) is 21.3 Å². The van der Waals surface area contributed by atoms with Crippen LogP contribution >= 0.6 is 11.6 Å². The van der Waals surface area contributed by atoms with E-state index >= 15 is 0 Å². The van der Waals surface area contributed by atoms with Gasteiger partial charge in [0.15, 0.2) is 0 Å². The molecule has 0 aliphatic rings. The molecule has 3 heteroatoms. The Morgan fingerprint density at radius 3 is 2.53 bits per heavy atom. The lowest BCUT2D eigenvalue weighted by molar-refractivity contribution is 0.317. The van der Waals surface area contributed by atoms with Crippen molar-refractivity contribution in [2.24, 2.45) is 0 Å². The first-order valence-corrected chi connectivity index (χ1v) is 6.46. The van der Waals surface area contributed by atoms with Crippen molar-refractivity contribution < 1.29 is 4.74 Å². The Balaban J connectivity index is 2.62. The maximum absolute atomic E-state index is 6.16. The second-order valence-electron chi connectivity index (χ2n) is 5.22. The highest BCUT2D eigenvalue weighted by atomic mass is 35.5. The first kappa shape index (κ1) is 14.3. The van der Waals surface area contributed by atoms with Gasteiger partial charge in [0.25, 0.3) is 0 Å². The maximum Gasteiger partial charge on any atom is 0.137 e. The summed E-state index contributed by atoms with van der Waals surface area (Å²) in [7, 11) is 0. The number of nitrogens with one attached hydrogen (secondary N) is 1. The van der Waals surface area contributed by atoms with Crippen LogP contribution in [0.25, 0.3) is 0 Å². The van der Waals surface area contributed by atoms with Gasteiger partial charge in [-0.3, -0.25) is 0 Å². The molecule has 0 unspecified atom stereocenters. The van der Waals surface area contributed by atoms with Gasteiger partial charge < -0.3 is 10.1 Å². The number of benzene rings is 1. The fourth-order valence-electron chi connectivity index (χ4n) is 1.35. The van der Waals surface area contributed by atoms with E-state index in [2.05, 4.69) is 39.1 Å². The van der Waals surface area contributed by atoms with Crippen molar-refractivity contribution in [3.8, 4) is 5.75 Å². The van der Waals surface area contributed by atoms with Crippen LogP contribution in [0.2, 0.25) is 5.02 Å². The van der Waals surface area contributed by atoms with Crippen molar-refractivity contribution in [1.82, 2.24) is 5.32 Å². The Hall–Kier alpha value is -0.730. The summed E-state index contributed by atoms with van der Waals surface area (Å²) in [6, 6.07) is 5.96. The van der Waals surface area contributed by atoms with E-state index in [0.717, 1.165) is 18.7 Å². The van der Waals surface area contributed by atoms with E-state index in [-0.39, 0.29) is 5.54 Å². The summed E-state index contributed by atoms with van der Waals surface area (Å²) in [5.41, 5.74) is 1.29. The molecule has 0 fully saturated rings. The maximum atomic E-state index is 6.16. The Labute approximate surface area is 109 Å². The highest BCUT2D eigenvalue weighted by molar-refractivity contribution is 6.32. The number of hydrogen-bond acceptors (Lipinski definition) is 2. The minimum atomic E-state index is 0.115. The van der Waals surface area contributed by atoms with E-state index in [9.17, 15) is 0 Å². The van der Waals surface area contributed by atoms with E-state index in [1.54, 1.807) is 0 Å². The van der Waals surface area contributed by atoms with E-state index in [4.69, 9.17) is 16.3 Å². The fourth-order valence-corrected chi connectivity index (χ4v) is 1.61. The van der Waals surface area contributed by atoms with Crippen LogP contribution in [0.1, 0.15) is 39.7 Å². The molecule has 96 valence electrons. The monoisotopic (exact) mass is 255 g/mol. The molecule has 0 heterocycles. The molecule has 1 aromatic rings. The average Bonchev–Trinajstić information content (AvgIpc) is 2.24. The Morgan fingerprint density at radius 1 is 1.29 bits per heavy atom. The van der Waals surface area contributed by atoms with Gasteiger partial charge in [-0.2, -0.15) is 0 Å². The van der Waals surface area contributed by atoms with Gasteiger partial charge in [-0.15, -0.1) is 0 Å². The minimum absolute atomic E-state index is 0.115. The van der Waals surface area contributed by atoms with E-state index < -0.39 is 0 Å². The number of halogens is 1. The van der Waals surface area contributed by atoms with Crippen molar-refractivity contribution >= 4 is 11.6 Å². The fraction of sp³-hybridized carbons (Fsp3) is 0.571. The third kappa shape index (κ3) is 5.42. The van der Waals surface area contributed by atoms with Crippen LogP contribution in [0, 0.1) is 0 Å². The highest BCUT2D eigenvalue weighted by Crippen LogP contribution is 2.25. The van der Waals surface area contributed by atoms with Crippen LogP contribution < -0.4 is 10.1 Å². The summed E-state index contributed by atoms with van der Waals surface area (Å²) >= 11 is 6.16. The van der Waals surface area contributed by atoms with Crippen LogP contribution in [0.15, 0.2) is 18.2 Å². The largest absolute Gasteiger partial charge is 0.492 e. The molecule has 0 aromatic heterocycles. The molecular weight excluding hydrogens is 234 g/mol. The summed E-state index contributed by atoms with van der Waals surface area (Å²) in [6.07, 6.45) is 0.990. The van der Waals surface area contributed by atoms with Gasteiger partial charge in [0.1, 0.15) is 5.75 Å². The highest BCUT2D eigenvalue weighted by Gasteiger charge is 2.09. The van der Waals surface area contributed by atoms with Crippen LogP contribution in [-0.4, -0.2) is 12.1 Å². The molecule has 0 aliphatic carbocycles. The predicted molar refractivity (Wildman–Crippen MR) is 73.8 cm³/mol. The van der Waals surface area contributed by atoms with Gasteiger partial charge in [0.05, 0.1) is 11.6 Å². The van der Waals surface area contributed by atoms with Gasteiger partial charge in [-0.05, 0) is 44.9 Å². The molecule has 1 rings (SSSR count). The van der Waals surface area contributed by atoms with Gasteiger partial charge in [0.2, 0.25) is 0 Å². The van der Waals surface area contributed by atoms with E-state index in [1.165, 1.54) is 5.56 Å². The lowest BCUT2D eigenvalue weighted by atomic mass is 10.1. The quantitative estimate of drug-likeness (QED) is 0.858. The Bertz CT molecular complexity index is 358. The molecule has 1 aromatic carbocycles. The first-order valence-electron chi connectivity index (χ1n) is 6.08. The zero-order valence-electron chi connectivity index (χ0n) is 11.1. The van der Waals surface area contributed by atoms with Crippen molar-refractivity contribution in [3.63, 3.8) is 0 Å². The van der Waals surface area contributed by atoms with Crippen LogP contribution in [0.4, 0.5) is 0 Å². The van der Waals surface area contributed by atoms with Gasteiger partial charge >= 0.3 is 0 Å². The normalized spacial score (nSPS) is 11.6. The van der Waals surface area contributed by atoms with Crippen LogP contribution in [0.5, 0.6) is 5.75 Å². The summed E-state index contributed by atoms with van der Waals surface area (Å²) in [4.78, 5) is 0. The average molecular weight is 256 g/mol. The molecule has 0 spiro atoms. The summed E-state index contributed by atoms with van der Waals surface area (Å²) in [6.45, 7) is 10.0. The summed E-state index contributed by atoms with van der Waals surface area (Å²) < 4.78 is 5.53. The number of hydrogen-bond donors (Lipinski definition) is 1. The number of rotatable bonds is 5. The van der Waals surface area contributed by atoms with Gasteiger partial charge in [-0.25, -0.2) is 0 Å². The van der Waals surface area contributed by atoms with Crippen LogP contribution in [0.3, 0.4) is 0 Å². The molecule has 0 atom stereocenters. The lowest BCUT2D eigenvalue weighted by Gasteiger charge is -2.20. The third-order valence-corrected chi connectivity index (χ3v) is 2.58. The Kier molecular flexibility index (Phi) is 5.29. The number of ether oxygens (including phenoxy) is 1. The molecule has 0 saturated heterocycles. The van der Waals surface area contributed by atoms with Crippen molar-refractivity contribution in [2.75, 3.05) is 6.61 Å². The second-order valence-corrected chi connectivity index (χ2v) is 5.62. The first-order chi connectivity index (χ1) is 7.92. The summed E-state index contributed by atoms with van der Waals surface area (Å²) in [5, 5.41) is 4.12. The minimum Gasteiger partial charge on any atom is -0.492 e. The zero-order chi connectivity index (χ0) is 12.9. The summed E-state index contributed by atoms with van der Waals surface area (Å²) in [5.74, 6) is 0.771. The molecule has 0 saturated carbocycles. The molecule has 0 amide bonds. The van der Waals surface area contributed by atoms with Crippen molar-refractivity contribution in [1.29, 1.82) is 0 Å². The second kappa shape index (κ2) is 6.27. The molecule has 17 heavy (non-hydrogen) atoms. The SMILES string of the molecule is CCCOc1ccc(CNC(C)(C)C)cc1Cl. The lowest BCUT2D eigenvalue weighted by Crippen LogP contribution is -2.35. The van der Waals surface area contributed by atoms with Crippen LogP contribution in [-0.2, 0) is 6.54 Å². The van der Waals surface area contributed by atoms with Crippen molar-refractivity contribution in [2.45, 2.75) is 46.2 Å².